The van der Waals surface area contributed by atoms with E-state index >= 15 is 0 Å². The number of hydrogen-bond donors (Lipinski definition) is 1. The first kappa shape index (κ1) is 14.4. The number of piperidine rings is 1. The van der Waals surface area contributed by atoms with Crippen molar-refractivity contribution in [3.63, 3.8) is 0 Å². The molecule has 2 rings (SSSR count). The van der Waals surface area contributed by atoms with E-state index in [2.05, 4.69) is 12.2 Å². The van der Waals surface area contributed by atoms with E-state index in [1.807, 2.05) is 4.90 Å². The lowest BCUT2D eigenvalue weighted by Gasteiger charge is -2.34. The van der Waals surface area contributed by atoms with E-state index in [-0.39, 0.29) is 12.1 Å². The highest BCUT2D eigenvalue weighted by molar-refractivity contribution is 5.20. The maximum atomic E-state index is 14.1. The number of nitrogens with one attached hydrogen (secondary N) is 1. The molecule has 2 nitrogen and oxygen atoms in total. The third-order valence-corrected chi connectivity index (χ3v) is 3.70. The predicted octanol–water partition coefficient (Wildman–Crippen LogP) is 2.85. The Kier molecular flexibility index (Phi) is 4.88. The molecule has 0 radical (unpaired) electrons. The number of halogens is 2. The molecule has 1 heterocycles. The van der Waals surface area contributed by atoms with E-state index in [9.17, 15) is 8.78 Å². The predicted molar refractivity (Wildman–Crippen MR) is 73.5 cm³/mol. The molecule has 0 saturated carbocycles. The highest BCUT2D eigenvalue weighted by Crippen LogP contribution is 2.29. The van der Waals surface area contributed by atoms with Crippen LogP contribution >= 0.6 is 0 Å². The summed E-state index contributed by atoms with van der Waals surface area (Å²) in [5.41, 5.74) is 0.115. The van der Waals surface area contributed by atoms with E-state index < -0.39 is 5.92 Å². The normalized spacial score (nSPS) is 18.7. The minimum atomic E-state index is -2.76. The monoisotopic (exact) mass is 268 g/mol. The molecule has 1 N–H and O–H groups in total. The Balaban J connectivity index is 1.88. The van der Waals surface area contributed by atoms with Crippen molar-refractivity contribution in [3.05, 3.63) is 35.9 Å². The van der Waals surface area contributed by atoms with Crippen LogP contribution in [0.5, 0.6) is 0 Å². The molecule has 1 fully saturated rings. The van der Waals surface area contributed by atoms with Crippen LogP contribution in [0, 0.1) is 0 Å². The second-order valence-electron chi connectivity index (χ2n) is 5.18. The Labute approximate surface area is 113 Å². The molecular weight excluding hydrogens is 246 g/mol. The van der Waals surface area contributed by atoms with Gasteiger partial charge in [0, 0.05) is 11.6 Å². The van der Waals surface area contributed by atoms with Gasteiger partial charge in [-0.15, -0.1) is 0 Å². The molecule has 0 spiro atoms. The molecule has 0 bridgehead atoms. The highest BCUT2D eigenvalue weighted by Gasteiger charge is 2.34. The lowest BCUT2D eigenvalue weighted by atomic mass is 10.0. The molecule has 4 heteroatoms. The van der Waals surface area contributed by atoms with Crippen molar-refractivity contribution >= 4 is 0 Å². The largest absolute Gasteiger partial charge is 0.314 e. The van der Waals surface area contributed by atoms with E-state index in [0.29, 0.717) is 6.04 Å². The van der Waals surface area contributed by atoms with Gasteiger partial charge in [-0.05, 0) is 32.5 Å². The van der Waals surface area contributed by atoms with Crippen molar-refractivity contribution < 1.29 is 8.78 Å². The molecule has 0 unspecified atom stereocenters. The van der Waals surface area contributed by atoms with Gasteiger partial charge in [0.25, 0.3) is 5.92 Å². The number of benzene rings is 1. The fraction of sp³-hybridized carbons (Fsp3) is 0.600. The highest BCUT2D eigenvalue weighted by atomic mass is 19.3. The average Bonchev–Trinajstić information content (AvgIpc) is 2.42. The van der Waals surface area contributed by atoms with Gasteiger partial charge in [-0.25, -0.2) is 0 Å². The Morgan fingerprint density at radius 2 is 1.84 bits per heavy atom. The van der Waals surface area contributed by atoms with Crippen LogP contribution in [0.4, 0.5) is 8.78 Å². The second-order valence-corrected chi connectivity index (χ2v) is 5.18. The maximum absolute atomic E-state index is 14.1. The van der Waals surface area contributed by atoms with Gasteiger partial charge in [0.15, 0.2) is 0 Å². The molecule has 106 valence electrons. The summed E-state index contributed by atoms with van der Waals surface area (Å²) in [4.78, 5) is 1.88. The van der Waals surface area contributed by atoms with Crippen LogP contribution in [-0.4, -0.2) is 37.1 Å². The first-order valence-corrected chi connectivity index (χ1v) is 7.01. The van der Waals surface area contributed by atoms with E-state index in [1.54, 1.807) is 18.2 Å². The van der Waals surface area contributed by atoms with Crippen LogP contribution in [0.2, 0.25) is 0 Å². The van der Waals surface area contributed by atoms with Gasteiger partial charge in [-0.2, -0.15) is 8.78 Å². The number of rotatable bonds is 5. The van der Waals surface area contributed by atoms with Gasteiger partial charge < -0.3 is 5.32 Å². The van der Waals surface area contributed by atoms with E-state index in [4.69, 9.17) is 0 Å². The molecule has 1 aliphatic rings. The fourth-order valence-electron chi connectivity index (χ4n) is 2.64. The molecule has 19 heavy (non-hydrogen) atoms. The second kappa shape index (κ2) is 6.44. The summed E-state index contributed by atoms with van der Waals surface area (Å²) in [6.07, 6.45) is 1.91. The third-order valence-electron chi connectivity index (χ3n) is 3.70. The van der Waals surface area contributed by atoms with Crippen LogP contribution in [0.15, 0.2) is 30.3 Å². The Morgan fingerprint density at radius 1 is 1.21 bits per heavy atom. The van der Waals surface area contributed by atoms with Crippen molar-refractivity contribution in [1.82, 2.24) is 10.2 Å². The smallest absolute Gasteiger partial charge is 0.285 e. The molecular formula is C15H22F2N2. The van der Waals surface area contributed by atoms with Gasteiger partial charge in [0.1, 0.15) is 0 Å². The topological polar surface area (TPSA) is 15.3 Å². The summed E-state index contributed by atoms with van der Waals surface area (Å²) in [6, 6.07) is 8.60. The lowest BCUT2D eigenvalue weighted by Crippen LogP contribution is -2.45. The lowest BCUT2D eigenvalue weighted by molar-refractivity contribution is -0.0431. The Hall–Kier alpha value is -1.00. The maximum Gasteiger partial charge on any atom is 0.285 e. The van der Waals surface area contributed by atoms with Crippen molar-refractivity contribution in [2.75, 3.05) is 26.2 Å². The number of nitrogens with zero attached hydrogens (tertiary/aromatic N) is 1. The molecule has 0 aromatic heterocycles. The van der Waals surface area contributed by atoms with Gasteiger partial charge in [-0.3, -0.25) is 4.90 Å². The summed E-state index contributed by atoms with van der Waals surface area (Å²) >= 11 is 0. The number of alkyl halides is 2. The van der Waals surface area contributed by atoms with Crippen LogP contribution in [0.1, 0.15) is 25.3 Å². The Bertz CT molecular complexity index is 373. The average molecular weight is 268 g/mol. The molecule has 0 amide bonds. The van der Waals surface area contributed by atoms with Gasteiger partial charge in [0.2, 0.25) is 0 Å². The fourth-order valence-corrected chi connectivity index (χ4v) is 2.64. The van der Waals surface area contributed by atoms with Gasteiger partial charge >= 0.3 is 0 Å². The molecule has 1 aromatic rings. The van der Waals surface area contributed by atoms with Crippen molar-refractivity contribution in [3.8, 4) is 0 Å². The first-order valence-electron chi connectivity index (χ1n) is 7.01. The SMILES string of the molecule is CCNC1CCN(CC(F)(F)c2ccccc2)CC1. The summed E-state index contributed by atoms with van der Waals surface area (Å²) in [5.74, 6) is -2.76. The van der Waals surface area contributed by atoms with E-state index in [1.165, 1.54) is 12.1 Å². The van der Waals surface area contributed by atoms with Crippen LogP contribution in [-0.2, 0) is 5.92 Å². The van der Waals surface area contributed by atoms with Crippen LogP contribution < -0.4 is 5.32 Å². The van der Waals surface area contributed by atoms with Gasteiger partial charge in [-0.1, -0.05) is 37.3 Å². The zero-order valence-electron chi connectivity index (χ0n) is 11.4. The molecule has 0 aliphatic carbocycles. The number of likely N-dealkylation sites (tertiary alicyclic amines) is 1. The number of hydrogen-bond acceptors (Lipinski definition) is 2. The van der Waals surface area contributed by atoms with Crippen LogP contribution in [0.3, 0.4) is 0 Å². The zero-order valence-corrected chi connectivity index (χ0v) is 11.4. The third kappa shape index (κ3) is 3.98. The summed E-state index contributed by atoms with van der Waals surface area (Å²) in [7, 11) is 0. The quantitative estimate of drug-likeness (QED) is 0.883. The first-order chi connectivity index (χ1) is 9.12. The molecule has 0 atom stereocenters. The van der Waals surface area contributed by atoms with E-state index in [0.717, 1.165) is 32.5 Å². The van der Waals surface area contributed by atoms with Crippen molar-refractivity contribution in [1.29, 1.82) is 0 Å². The molecule has 1 saturated heterocycles. The Morgan fingerprint density at radius 3 is 2.42 bits per heavy atom. The zero-order chi connectivity index (χ0) is 13.7. The van der Waals surface area contributed by atoms with Crippen LogP contribution in [0.25, 0.3) is 0 Å². The van der Waals surface area contributed by atoms with Crippen molar-refractivity contribution in [2.24, 2.45) is 0 Å². The summed E-state index contributed by atoms with van der Waals surface area (Å²) < 4.78 is 28.3. The van der Waals surface area contributed by atoms with Gasteiger partial charge in [0.05, 0.1) is 6.54 Å². The minimum Gasteiger partial charge on any atom is -0.314 e. The summed E-state index contributed by atoms with van der Waals surface area (Å²) in [6.45, 7) is 4.36. The molecule has 1 aromatic carbocycles. The summed E-state index contributed by atoms with van der Waals surface area (Å²) in [5, 5.41) is 3.39. The van der Waals surface area contributed by atoms with Crippen molar-refractivity contribution in [2.45, 2.75) is 31.7 Å². The molecule has 1 aliphatic heterocycles. The standard InChI is InChI=1S/C15H22F2N2/c1-2-18-14-8-10-19(11-9-14)12-15(16,17)13-6-4-3-5-7-13/h3-7,14,18H,2,8-12H2,1H3. The minimum absolute atomic E-state index is 0.115.